The van der Waals surface area contributed by atoms with Crippen molar-refractivity contribution in [1.82, 2.24) is 34.4 Å². The summed E-state index contributed by atoms with van der Waals surface area (Å²) in [5.41, 5.74) is 5.00. The minimum atomic E-state index is 0.0737. The number of anilines is 2. The predicted octanol–water partition coefficient (Wildman–Crippen LogP) is 3.40. The fraction of sp³-hybridized carbons (Fsp3) is 0.200. The van der Waals surface area contributed by atoms with Gasteiger partial charge < -0.3 is 19.5 Å². The molecule has 2 aromatic carbocycles. The van der Waals surface area contributed by atoms with E-state index in [0.717, 1.165) is 59.7 Å². The summed E-state index contributed by atoms with van der Waals surface area (Å²) < 4.78 is 1.95. The molecule has 0 radical (unpaired) electrons. The number of likely N-dealkylation sites (N-methyl/N-ethyl adjacent to an activating group) is 1. The minimum Gasteiger partial charge on any atom is -0.337 e. The van der Waals surface area contributed by atoms with E-state index in [0.29, 0.717) is 11.4 Å². The summed E-state index contributed by atoms with van der Waals surface area (Å²) >= 11 is 0. The molecule has 9 heteroatoms. The summed E-state index contributed by atoms with van der Waals surface area (Å²) in [7, 11) is 2.08. The van der Waals surface area contributed by atoms with Gasteiger partial charge in [0.25, 0.3) is 5.91 Å². The minimum absolute atomic E-state index is 0.0737. The Kier molecular flexibility index (Phi) is 4.96. The Morgan fingerprint density at radius 3 is 2.71 bits per heavy atom. The van der Waals surface area contributed by atoms with E-state index in [1.54, 1.807) is 12.4 Å². The van der Waals surface area contributed by atoms with Gasteiger partial charge in [0, 0.05) is 67.0 Å². The maximum atomic E-state index is 12.8. The number of nitrogens with one attached hydrogen (secondary N) is 2. The quantitative estimate of drug-likeness (QED) is 0.434. The maximum Gasteiger partial charge on any atom is 0.253 e. The normalized spacial score (nSPS) is 14.7. The molecule has 34 heavy (non-hydrogen) atoms. The molecule has 1 saturated heterocycles. The maximum absolute atomic E-state index is 12.8. The Labute approximate surface area is 196 Å². The number of carbonyl (C=O) groups is 1. The Morgan fingerprint density at radius 1 is 1.06 bits per heavy atom. The van der Waals surface area contributed by atoms with E-state index in [4.69, 9.17) is 4.98 Å². The Balaban J connectivity index is 1.27. The molecule has 2 N–H and O–H groups in total. The second-order valence-electron chi connectivity index (χ2n) is 8.60. The number of rotatable bonds is 4. The van der Waals surface area contributed by atoms with Gasteiger partial charge in [-0.1, -0.05) is 12.1 Å². The second kappa shape index (κ2) is 8.27. The molecule has 1 aliphatic heterocycles. The molecule has 0 bridgehead atoms. The summed E-state index contributed by atoms with van der Waals surface area (Å²) in [4.78, 5) is 26.3. The van der Waals surface area contributed by atoms with Crippen LogP contribution in [0.2, 0.25) is 0 Å². The number of aromatic amines is 1. The van der Waals surface area contributed by atoms with Gasteiger partial charge in [0.2, 0.25) is 0 Å². The molecule has 1 amide bonds. The zero-order valence-electron chi connectivity index (χ0n) is 18.8. The molecule has 1 aliphatic rings. The van der Waals surface area contributed by atoms with E-state index in [9.17, 15) is 4.79 Å². The molecule has 0 unspecified atom stereocenters. The number of amides is 1. The molecule has 0 aliphatic carbocycles. The van der Waals surface area contributed by atoms with E-state index in [1.165, 1.54) is 0 Å². The zero-order chi connectivity index (χ0) is 23.1. The smallest absolute Gasteiger partial charge is 0.253 e. The lowest BCUT2D eigenvalue weighted by molar-refractivity contribution is 0.0664. The van der Waals surface area contributed by atoms with Crippen LogP contribution in [0.4, 0.5) is 11.5 Å². The zero-order valence-corrected chi connectivity index (χ0v) is 18.8. The van der Waals surface area contributed by atoms with Crippen molar-refractivity contribution in [2.24, 2.45) is 0 Å². The molecule has 0 spiro atoms. The van der Waals surface area contributed by atoms with Crippen LogP contribution in [0.1, 0.15) is 10.4 Å². The number of hydrogen-bond acceptors (Lipinski definition) is 6. The third-order valence-corrected chi connectivity index (χ3v) is 6.30. The summed E-state index contributed by atoms with van der Waals surface area (Å²) in [6.45, 7) is 3.32. The molecule has 4 heterocycles. The van der Waals surface area contributed by atoms with Crippen LogP contribution in [0.25, 0.3) is 27.8 Å². The van der Waals surface area contributed by atoms with Crippen LogP contribution in [0, 0.1) is 0 Å². The monoisotopic (exact) mass is 452 g/mol. The molecule has 5 aromatic rings. The van der Waals surface area contributed by atoms with Gasteiger partial charge in [0.1, 0.15) is 0 Å². The van der Waals surface area contributed by atoms with Crippen molar-refractivity contribution in [3.63, 3.8) is 0 Å². The lowest BCUT2D eigenvalue weighted by atomic mass is 10.1. The summed E-state index contributed by atoms with van der Waals surface area (Å²) in [6.07, 6.45) is 7.42. The first-order valence-corrected chi connectivity index (χ1v) is 11.3. The van der Waals surface area contributed by atoms with Crippen molar-refractivity contribution < 1.29 is 4.79 Å². The van der Waals surface area contributed by atoms with Gasteiger partial charge in [0.15, 0.2) is 11.5 Å². The van der Waals surface area contributed by atoms with Gasteiger partial charge in [-0.2, -0.15) is 5.10 Å². The van der Waals surface area contributed by atoms with Gasteiger partial charge in [0.05, 0.1) is 17.4 Å². The van der Waals surface area contributed by atoms with Gasteiger partial charge in [-0.3, -0.25) is 9.89 Å². The van der Waals surface area contributed by atoms with Crippen LogP contribution in [-0.4, -0.2) is 73.5 Å². The van der Waals surface area contributed by atoms with Crippen molar-refractivity contribution >= 4 is 34.0 Å². The molecular formula is C25H24N8O. The molecule has 0 atom stereocenters. The summed E-state index contributed by atoms with van der Waals surface area (Å²) in [6, 6.07) is 13.6. The number of imidazole rings is 1. The number of carbonyl (C=O) groups excluding carboxylic acids is 1. The fourth-order valence-corrected chi connectivity index (χ4v) is 4.28. The average molecular weight is 453 g/mol. The van der Waals surface area contributed by atoms with Crippen LogP contribution < -0.4 is 5.32 Å². The highest BCUT2D eigenvalue weighted by Crippen LogP contribution is 2.26. The third-order valence-electron chi connectivity index (χ3n) is 6.30. The number of aromatic nitrogens is 5. The number of H-pyrrole nitrogens is 1. The highest BCUT2D eigenvalue weighted by molar-refractivity contribution is 5.94. The van der Waals surface area contributed by atoms with Crippen LogP contribution in [0.15, 0.2) is 67.3 Å². The van der Waals surface area contributed by atoms with Crippen molar-refractivity contribution in [3.05, 3.63) is 72.8 Å². The highest BCUT2D eigenvalue weighted by atomic mass is 16.2. The molecule has 6 rings (SSSR count). The Bertz CT molecular complexity index is 1480. The first-order chi connectivity index (χ1) is 16.6. The Hall–Kier alpha value is -4.24. The van der Waals surface area contributed by atoms with Crippen LogP contribution in [-0.2, 0) is 0 Å². The Morgan fingerprint density at radius 2 is 1.88 bits per heavy atom. The van der Waals surface area contributed by atoms with E-state index in [1.807, 2.05) is 64.2 Å². The second-order valence-corrected chi connectivity index (χ2v) is 8.60. The van der Waals surface area contributed by atoms with Crippen LogP contribution in [0.3, 0.4) is 0 Å². The fourth-order valence-electron chi connectivity index (χ4n) is 4.28. The van der Waals surface area contributed by atoms with Crippen molar-refractivity contribution in [2.45, 2.75) is 0 Å². The molecule has 0 saturated carbocycles. The first kappa shape index (κ1) is 20.4. The van der Waals surface area contributed by atoms with E-state index < -0.39 is 0 Å². The standard InChI is InChI=1S/C25H24N8O/c1-31-10-12-32(13-11-31)25(34)17-4-6-20(7-5-17)28-23-24-26-8-9-33(24)16-22(29-23)18-2-3-19-15-27-30-21(19)14-18/h2-9,14-16H,10-13H2,1H3,(H,27,30)(H,28,29). The molecule has 170 valence electrons. The number of hydrogen-bond donors (Lipinski definition) is 2. The lowest BCUT2D eigenvalue weighted by Crippen LogP contribution is -2.47. The van der Waals surface area contributed by atoms with Crippen molar-refractivity contribution in [3.8, 4) is 11.3 Å². The summed E-state index contributed by atoms with van der Waals surface area (Å²) in [5, 5.41) is 11.5. The predicted molar refractivity (Wildman–Crippen MR) is 131 cm³/mol. The van der Waals surface area contributed by atoms with Gasteiger partial charge in [-0.25, -0.2) is 9.97 Å². The van der Waals surface area contributed by atoms with Gasteiger partial charge in [-0.05, 0) is 37.4 Å². The summed E-state index contributed by atoms with van der Waals surface area (Å²) in [5.74, 6) is 0.718. The number of benzene rings is 2. The van der Waals surface area contributed by atoms with Crippen molar-refractivity contribution in [1.29, 1.82) is 0 Å². The molecule has 3 aromatic heterocycles. The van der Waals surface area contributed by atoms with E-state index >= 15 is 0 Å². The topological polar surface area (TPSA) is 94.5 Å². The van der Waals surface area contributed by atoms with Gasteiger partial charge in [-0.15, -0.1) is 0 Å². The SMILES string of the molecule is CN1CCN(C(=O)c2ccc(Nc3nc(-c4ccc5cn[nH]c5c4)cn4ccnc34)cc2)CC1. The highest BCUT2D eigenvalue weighted by Gasteiger charge is 2.20. The van der Waals surface area contributed by atoms with Crippen LogP contribution >= 0.6 is 0 Å². The first-order valence-electron chi connectivity index (χ1n) is 11.3. The molecule has 9 nitrogen and oxygen atoms in total. The third kappa shape index (κ3) is 3.75. The van der Waals surface area contributed by atoms with Gasteiger partial charge >= 0.3 is 0 Å². The molecule has 1 fully saturated rings. The largest absolute Gasteiger partial charge is 0.337 e. The van der Waals surface area contributed by atoms with Crippen molar-refractivity contribution in [2.75, 3.05) is 38.5 Å². The van der Waals surface area contributed by atoms with E-state index in [-0.39, 0.29) is 5.91 Å². The van der Waals surface area contributed by atoms with Crippen LogP contribution in [0.5, 0.6) is 0 Å². The average Bonchev–Trinajstić information content (AvgIpc) is 3.53. The van der Waals surface area contributed by atoms with E-state index in [2.05, 4.69) is 32.4 Å². The molecular weight excluding hydrogens is 428 g/mol. The number of fused-ring (bicyclic) bond motifs is 2. The lowest BCUT2D eigenvalue weighted by Gasteiger charge is -2.32. The number of piperazine rings is 1. The number of nitrogens with zero attached hydrogens (tertiary/aromatic N) is 6.